The number of carbonyl (C=O) groups excluding carboxylic acids is 1. The van der Waals surface area contributed by atoms with E-state index in [1.165, 1.54) is 11.1 Å². The lowest BCUT2D eigenvalue weighted by atomic mass is 9.98. The third-order valence-corrected chi connectivity index (χ3v) is 5.85. The Kier molecular flexibility index (Phi) is 6.15. The summed E-state index contributed by atoms with van der Waals surface area (Å²) in [4.78, 5) is 15.2. The number of benzene rings is 3. The molecule has 0 saturated heterocycles. The number of ketones is 1. The number of ether oxygens (including phenoxy) is 1. The summed E-state index contributed by atoms with van der Waals surface area (Å²) in [6.07, 6.45) is 1.78. The van der Waals surface area contributed by atoms with Crippen LogP contribution >= 0.6 is 0 Å². The number of Topliss-reactive ketones (excluding diaryl/α,β-unsaturated/α-hetero) is 1. The van der Waals surface area contributed by atoms with Gasteiger partial charge in [-0.15, -0.1) is 0 Å². The van der Waals surface area contributed by atoms with E-state index >= 15 is 0 Å². The Hall–Kier alpha value is -3.37. The molecule has 0 bridgehead atoms. The van der Waals surface area contributed by atoms with Crippen LogP contribution < -0.4 is 4.74 Å². The number of nitrogens with zero attached hydrogens (tertiary/aromatic N) is 1. The van der Waals surface area contributed by atoms with Crippen LogP contribution in [0, 0.1) is 6.92 Å². The predicted molar refractivity (Wildman–Crippen MR) is 128 cm³/mol. The highest BCUT2D eigenvalue weighted by Gasteiger charge is 2.33. The molecule has 0 fully saturated rings. The Bertz CT molecular complexity index is 1160. The van der Waals surface area contributed by atoms with Crippen LogP contribution in [0.3, 0.4) is 0 Å². The molecule has 1 N–H and O–H groups in total. The van der Waals surface area contributed by atoms with Gasteiger partial charge < -0.3 is 9.84 Å². The number of aromatic hydroxyl groups is 1. The molecule has 0 atom stereocenters. The second kappa shape index (κ2) is 9.01. The molecule has 0 radical (unpaired) electrons. The number of phenols is 1. The number of phenolic OH excluding ortho intramolecular Hbond substituents is 1. The second-order valence-corrected chi connectivity index (χ2v) is 8.81. The van der Waals surface area contributed by atoms with Crippen molar-refractivity contribution in [1.82, 2.24) is 4.90 Å². The highest BCUT2D eigenvalue weighted by molar-refractivity contribution is 6.15. The molecule has 0 unspecified atom stereocenters. The van der Waals surface area contributed by atoms with Gasteiger partial charge in [0.05, 0.1) is 11.1 Å². The van der Waals surface area contributed by atoms with Crippen LogP contribution in [-0.2, 0) is 13.1 Å². The lowest BCUT2D eigenvalue weighted by molar-refractivity contribution is 0.101. The first kappa shape index (κ1) is 21.8. The molecule has 4 nitrogen and oxygen atoms in total. The zero-order chi connectivity index (χ0) is 22.8. The van der Waals surface area contributed by atoms with Crippen LogP contribution in [0.2, 0.25) is 0 Å². The minimum atomic E-state index is -0.141. The monoisotopic (exact) mass is 427 g/mol. The third kappa shape index (κ3) is 4.46. The topological polar surface area (TPSA) is 49.8 Å². The average Bonchev–Trinajstić information content (AvgIpc) is 3.08. The van der Waals surface area contributed by atoms with Gasteiger partial charge in [0.1, 0.15) is 11.5 Å². The Morgan fingerprint density at radius 1 is 1.03 bits per heavy atom. The Balaban J connectivity index is 1.62. The summed E-state index contributed by atoms with van der Waals surface area (Å²) in [7, 11) is 1.99. The number of rotatable bonds is 6. The number of hydrogen-bond acceptors (Lipinski definition) is 4. The van der Waals surface area contributed by atoms with E-state index in [2.05, 4.69) is 43.0 Å². The van der Waals surface area contributed by atoms with Gasteiger partial charge in [0.2, 0.25) is 5.78 Å². The first-order valence-electron chi connectivity index (χ1n) is 11.0. The predicted octanol–water partition coefficient (Wildman–Crippen LogP) is 6.07. The van der Waals surface area contributed by atoms with Gasteiger partial charge in [-0.25, -0.2) is 0 Å². The summed E-state index contributed by atoms with van der Waals surface area (Å²) in [6, 6.07) is 20.0. The molecule has 0 saturated carbocycles. The molecule has 1 aliphatic rings. The van der Waals surface area contributed by atoms with Gasteiger partial charge in [-0.3, -0.25) is 9.69 Å². The van der Waals surface area contributed by atoms with Crippen molar-refractivity contribution in [3.8, 4) is 11.5 Å². The fourth-order valence-electron chi connectivity index (χ4n) is 4.08. The van der Waals surface area contributed by atoms with Crippen molar-refractivity contribution >= 4 is 11.9 Å². The standard InChI is InChI=1S/C28H29NO3/c1-18(2)22-12-10-20(11-13-22)15-25-27(31)26-19(3)14-24(30)23(28(26)32-25)17-29(4)16-21-8-6-5-7-9-21/h5-15,18,30H,16-17H2,1-4H3/b25-15-. The van der Waals surface area contributed by atoms with E-state index in [4.69, 9.17) is 4.74 Å². The van der Waals surface area contributed by atoms with Gasteiger partial charge in [0.25, 0.3) is 0 Å². The Labute approximate surface area is 189 Å². The largest absolute Gasteiger partial charge is 0.507 e. The van der Waals surface area contributed by atoms with Crippen molar-refractivity contribution in [2.45, 2.75) is 39.8 Å². The molecule has 1 aliphatic heterocycles. The van der Waals surface area contributed by atoms with E-state index in [9.17, 15) is 9.90 Å². The summed E-state index contributed by atoms with van der Waals surface area (Å²) >= 11 is 0. The molecule has 0 amide bonds. The third-order valence-electron chi connectivity index (χ3n) is 5.85. The van der Waals surface area contributed by atoms with Crippen molar-refractivity contribution in [2.75, 3.05) is 7.05 Å². The van der Waals surface area contributed by atoms with Crippen molar-refractivity contribution in [3.05, 3.63) is 99.8 Å². The fraction of sp³-hybridized carbons (Fsp3) is 0.250. The maximum absolute atomic E-state index is 13.1. The number of hydrogen-bond donors (Lipinski definition) is 1. The molecule has 3 aromatic rings. The maximum atomic E-state index is 13.1. The summed E-state index contributed by atoms with van der Waals surface area (Å²) in [5.74, 6) is 1.22. The molecule has 0 aliphatic carbocycles. The van der Waals surface area contributed by atoms with Crippen LogP contribution in [-0.4, -0.2) is 22.8 Å². The van der Waals surface area contributed by atoms with Gasteiger partial charge in [-0.1, -0.05) is 68.4 Å². The molecule has 3 aromatic carbocycles. The summed E-state index contributed by atoms with van der Waals surface area (Å²) in [6.45, 7) is 7.32. The van der Waals surface area contributed by atoms with Crippen molar-refractivity contribution in [3.63, 3.8) is 0 Å². The number of fused-ring (bicyclic) bond motifs is 1. The van der Waals surface area contributed by atoms with Gasteiger partial charge in [-0.05, 0) is 54.3 Å². The minimum absolute atomic E-state index is 0.141. The Morgan fingerprint density at radius 2 is 1.72 bits per heavy atom. The van der Waals surface area contributed by atoms with E-state index in [-0.39, 0.29) is 17.3 Å². The van der Waals surface area contributed by atoms with E-state index < -0.39 is 0 Å². The van der Waals surface area contributed by atoms with E-state index in [1.54, 1.807) is 12.1 Å². The average molecular weight is 428 g/mol. The lowest BCUT2D eigenvalue weighted by Gasteiger charge is -2.19. The number of allylic oxidation sites excluding steroid dienone is 1. The van der Waals surface area contributed by atoms with Crippen LogP contribution in [0.4, 0.5) is 0 Å². The first-order chi connectivity index (χ1) is 15.3. The first-order valence-corrected chi connectivity index (χ1v) is 11.0. The number of carbonyl (C=O) groups is 1. The maximum Gasteiger partial charge on any atom is 0.232 e. The zero-order valence-corrected chi connectivity index (χ0v) is 19.1. The molecule has 0 aromatic heterocycles. The molecule has 32 heavy (non-hydrogen) atoms. The summed E-state index contributed by atoms with van der Waals surface area (Å²) < 4.78 is 6.07. The molecule has 0 spiro atoms. The van der Waals surface area contributed by atoms with Crippen LogP contribution in [0.1, 0.15) is 57.9 Å². The number of aryl methyl sites for hydroxylation is 1. The van der Waals surface area contributed by atoms with Crippen molar-refractivity contribution in [1.29, 1.82) is 0 Å². The van der Waals surface area contributed by atoms with Gasteiger partial charge >= 0.3 is 0 Å². The molecule has 4 rings (SSSR count). The van der Waals surface area contributed by atoms with E-state index in [1.807, 2.05) is 44.3 Å². The van der Waals surface area contributed by atoms with Gasteiger partial charge in [-0.2, -0.15) is 0 Å². The van der Waals surface area contributed by atoms with E-state index in [0.717, 1.165) is 17.7 Å². The van der Waals surface area contributed by atoms with Crippen LogP contribution in [0.25, 0.3) is 6.08 Å². The molecular formula is C28H29NO3. The van der Waals surface area contributed by atoms with Crippen LogP contribution in [0.5, 0.6) is 11.5 Å². The zero-order valence-electron chi connectivity index (χ0n) is 19.1. The van der Waals surface area contributed by atoms with Gasteiger partial charge in [0.15, 0.2) is 5.76 Å². The molecule has 4 heteroatoms. The second-order valence-electron chi connectivity index (χ2n) is 8.81. The van der Waals surface area contributed by atoms with Gasteiger partial charge in [0, 0.05) is 13.1 Å². The lowest BCUT2D eigenvalue weighted by Crippen LogP contribution is -2.17. The van der Waals surface area contributed by atoms with Crippen molar-refractivity contribution < 1.29 is 14.6 Å². The summed E-state index contributed by atoms with van der Waals surface area (Å²) in [5.41, 5.74) is 5.23. The van der Waals surface area contributed by atoms with E-state index in [0.29, 0.717) is 29.3 Å². The minimum Gasteiger partial charge on any atom is -0.507 e. The molecule has 1 heterocycles. The summed E-state index contributed by atoms with van der Waals surface area (Å²) in [5, 5.41) is 10.7. The highest BCUT2D eigenvalue weighted by Crippen LogP contribution is 2.42. The Morgan fingerprint density at radius 3 is 2.38 bits per heavy atom. The SMILES string of the molecule is Cc1cc(O)c(CN(C)Cc2ccccc2)c2c1C(=O)/C(=C/c1ccc(C(C)C)cc1)O2. The van der Waals surface area contributed by atoms with Crippen molar-refractivity contribution in [2.24, 2.45) is 0 Å². The quantitative estimate of drug-likeness (QED) is 0.485. The fourth-order valence-corrected chi connectivity index (χ4v) is 4.08. The highest BCUT2D eigenvalue weighted by atomic mass is 16.5. The molecular weight excluding hydrogens is 398 g/mol. The van der Waals surface area contributed by atoms with Crippen LogP contribution in [0.15, 0.2) is 66.4 Å². The normalized spacial score (nSPS) is 14.3. The smallest absolute Gasteiger partial charge is 0.232 e. The molecule has 164 valence electrons.